The first kappa shape index (κ1) is 15.0. The maximum atomic E-state index is 11.4. The van der Waals surface area contributed by atoms with Crippen molar-refractivity contribution in [3.05, 3.63) is 60.7 Å². The van der Waals surface area contributed by atoms with E-state index in [0.29, 0.717) is 13.2 Å². The van der Waals surface area contributed by atoms with Crippen molar-refractivity contribution in [1.82, 2.24) is 5.32 Å². The molecule has 0 atom stereocenters. The molecule has 0 aliphatic carbocycles. The number of rotatable bonds is 8. The Morgan fingerprint density at radius 3 is 2.79 bits per heavy atom. The van der Waals surface area contributed by atoms with Crippen LogP contribution in [0.2, 0.25) is 0 Å². The van der Waals surface area contributed by atoms with E-state index in [9.17, 15) is 4.79 Å². The van der Waals surface area contributed by atoms with Crippen molar-refractivity contribution in [2.75, 3.05) is 6.54 Å². The molecule has 1 rings (SSSR count). The van der Waals surface area contributed by atoms with Gasteiger partial charge in [-0.25, -0.2) is 4.79 Å². The summed E-state index contributed by atoms with van der Waals surface area (Å²) in [5, 5.41) is 2.73. The quantitative estimate of drug-likeness (QED) is 0.569. The summed E-state index contributed by atoms with van der Waals surface area (Å²) in [6.45, 7) is 4.58. The van der Waals surface area contributed by atoms with E-state index >= 15 is 0 Å². The minimum absolute atomic E-state index is 0.311. The summed E-state index contributed by atoms with van der Waals surface area (Å²) < 4.78 is 5.09. The third kappa shape index (κ3) is 7.82. The zero-order chi connectivity index (χ0) is 13.8. The second-order valence-electron chi connectivity index (χ2n) is 4.13. The minimum Gasteiger partial charge on any atom is -0.445 e. The normalized spacial score (nSPS) is 10.3. The van der Waals surface area contributed by atoms with Crippen LogP contribution in [0.5, 0.6) is 0 Å². The fourth-order valence-electron chi connectivity index (χ4n) is 1.49. The highest BCUT2D eigenvalue weighted by Gasteiger charge is 2.00. The number of carbonyl (C=O) groups excluding carboxylic acids is 1. The zero-order valence-electron chi connectivity index (χ0n) is 11.2. The van der Waals surface area contributed by atoms with Gasteiger partial charge in [-0.05, 0) is 24.8 Å². The van der Waals surface area contributed by atoms with Crippen LogP contribution in [-0.2, 0) is 11.3 Å². The predicted molar refractivity (Wildman–Crippen MR) is 77.8 cm³/mol. The molecule has 0 saturated heterocycles. The molecular formula is C16H21NO2. The predicted octanol–water partition coefficient (Wildman–Crippen LogP) is 3.83. The fourth-order valence-corrected chi connectivity index (χ4v) is 1.49. The van der Waals surface area contributed by atoms with Gasteiger partial charge in [-0.2, -0.15) is 0 Å². The van der Waals surface area contributed by atoms with Gasteiger partial charge in [0.2, 0.25) is 0 Å². The van der Waals surface area contributed by atoms with Crippen LogP contribution < -0.4 is 5.32 Å². The molecule has 0 fully saturated rings. The molecule has 3 nitrogen and oxygen atoms in total. The Morgan fingerprint density at radius 2 is 2.05 bits per heavy atom. The summed E-state index contributed by atoms with van der Waals surface area (Å²) in [4.78, 5) is 11.4. The van der Waals surface area contributed by atoms with E-state index in [2.05, 4.69) is 24.0 Å². The molecule has 102 valence electrons. The Kier molecular flexibility index (Phi) is 7.87. The highest BCUT2D eigenvalue weighted by Crippen LogP contribution is 2.00. The summed E-state index contributed by atoms with van der Waals surface area (Å²) >= 11 is 0. The fraction of sp³-hybridized carbons (Fsp3) is 0.312. The van der Waals surface area contributed by atoms with E-state index in [1.54, 1.807) is 0 Å². The molecule has 3 heteroatoms. The monoisotopic (exact) mass is 259 g/mol. The second-order valence-corrected chi connectivity index (χ2v) is 4.13. The Morgan fingerprint density at radius 1 is 1.26 bits per heavy atom. The highest BCUT2D eigenvalue weighted by atomic mass is 16.5. The molecule has 19 heavy (non-hydrogen) atoms. The van der Waals surface area contributed by atoms with Gasteiger partial charge in [0.15, 0.2) is 0 Å². The van der Waals surface area contributed by atoms with E-state index in [4.69, 9.17) is 4.74 Å². The molecule has 0 aliphatic heterocycles. The first-order chi connectivity index (χ1) is 9.33. The summed E-state index contributed by atoms with van der Waals surface area (Å²) in [6.07, 6.45) is 8.42. The van der Waals surface area contributed by atoms with E-state index < -0.39 is 0 Å². The lowest BCUT2D eigenvalue weighted by Crippen LogP contribution is -2.25. The molecule has 0 unspecified atom stereocenters. The number of alkyl carbamates (subject to hydrolysis) is 1. The van der Waals surface area contributed by atoms with Gasteiger partial charge in [0.05, 0.1) is 0 Å². The van der Waals surface area contributed by atoms with Gasteiger partial charge in [0, 0.05) is 6.54 Å². The molecule has 0 bridgehead atoms. The molecular weight excluding hydrogens is 238 g/mol. The number of amides is 1. The average molecular weight is 259 g/mol. The molecule has 0 spiro atoms. The van der Waals surface area contributed by atoms with Crippen LogP contribution in [0.25, 0.3) is 0 Å². The topological polar surface area (TPSA) is 38.3 Å². The van der Waals surface area contributed by atoms with Crippen molar-refractivity contribution in [2.45, 2.75) is 25.9 Å². The smallest absolute Gasteiger partial charge is 0.407 e. The van der Waals surface area contributed by atoms with Gasteiger partial charge < -0.3 is 10.1 Å². The van der Waals surface area contributed by atoms with Gasteiger partial charge in [-0.1, -0.05) is 48.6 Å². The Bertz CT molecular complexity index is 398. The van der Waals surface area contributed by atoms with E-state index in [1.807, 2.05) is 36.4 Å². The van der Waals surface area contributed by atoms with Gasteiger partial charge in [0.1, 0.15) is 6.61 Å². The lowest BCUT2D eigenvalue weighted by atomic mass is 10.2. The number of hydrogen-bond donors (Lipinski definition) is 1. The Balaban J connectivity index is 2.04. The lowest BCUT2D eigenvalue weighted by molar-refractivity contribution is 0.139. The largest absolute Gasteiger partial charge is 0.445 e. The molecule has 1 aromatic rings. The van der Waals surface area contributed by atoms with Gasteiger partial charge in [0.25, 0.3) is 0 Å². The van der Waals surface area contributed by atoms with Crippen LogP contribution in [0.15, 0.2) is 55.1 Å². The number of ether oxygens (including phenoxy) is 1. The number of benzene rings is 1. The summed E-state index contributed by atoms with van der Waals surface area (Å²) in [5.41, 5.74) is 0.991. The van der Waals surface area contributed by atoms with Crippen LogP contribution in [0.4, 0.5) is 4.79 Å². The second kappa shape index (κ2) is 9.95. The molecule has 1 N–H and O–H groups in total. The first-order valence-corrected chi connectivity index (χ1v) is 6.53. The van der Waals surface area contributed by atoms with Gasteiger partial charge >= 0.3 is 6.09 Å². The van der Waals surface area contributed by atoms with Crippen molar-refractivity contribution in [2.24, 2.45) is 0 Å². The first-order valence-electron chi connectivity index (χ1n) is 6.53. The SMILES string of the molecule is C=CCC=CCCCNC(=O)OCc1ccccc1. The Labute approximate surface area is 115 Å². The maximum Gasteiger partial charge on any atom is 0.407 e. The van der Waals surface area contributed by atoms with Crippen molar-refractivity contribution >= 4 is 6.09 Å². The third-order valence-electron chi connectivity index (χ3n) is 2.50. The zero-order valence-corrected chi connectivity index (χ0v) is 11.2. The molecule has 0 heterocycles. The maximum absolute atomic E-state index is 11.4. The number of hydrogen-bond acceptors (Lipinski definition) is 2. The molecule has 0 saturated carbocycles. The van der Waals surface area contributed by atoms with Crippen molar-refractivity contribution in [1.29, 1.82) is 0 Å². The standard InChI is InChI=1S/C16H21NO2/c1-2-3-4-5-6-10-13-17-16(18)19-14-15-11-8-7-9-12-15/h2,4-5,7-9,11-12H,1,3,6,10,13-14H2,(H,17,18). The van der Waals surface area contributed by atoms with E-state index in [0.717, 1.165) is 24.8 Å². The number of allylic oxidation sites excluding steroid dienone is 3. The summed E-state index contributed by atoms with van der Waals surface area (Å²) in [5.74, 6) is 0. The van der Waals surface area contributed by atoms with Crippen LogP contribution in [-0.4, -0.2) is 12.6 Å². The Hall–Kier alpha value is -2.03. The highest BCUT2D eigenvalue weighted by molar-refractivity contribution is 5.67. The molecule has 0 radical (unpaired) electrons. The number of nitrogens with one attached hydrogen (secondary N) is 1. The molecule has 1 amide bonds. The summed E-state index contributed by atoms with van der Waals surface area (Å²) in [6, 6.07) is 9.64. The van der Waals surface area contributed by atoms with Crippen molar-refractivity contribution in [3.63, 3.8) is 0 Å². The average Bonchev–Trinajstić information content (AvgIpc) is 2.45. The molecule has 0 aliphatic rings. The van der Waals surface area contributed by atoms with Crippen molar-refractivity contribution in [3.8, 4) is 0 Å². The molecule has 0 aromatic heterocycles. The number of unbranched alkanes of at least 4 members (excludes halogenated alkanes) is 1. The number of carbonyl (C=O) groups is 1. The minimum atomic E-state index is -0.362. The van der Waals surface area contributed by atoms with Crippen LogP contribution in [0.3, 0.4) is 0 Å². The van der Waals surface area contributed by atoms with E-state index in [1.165, 1.54) is 0 Å². The van der Waals surface area contributed by atoms with Crippen molar-refractivity contribution < 1.29 is 9.53 Å². The van der Waals surface area contributed by atoms with Crippen LogP contribution in [0, 0.1) is 0 Å². The van der Waals surface area contributed by atoms with Gasteiger partial charge in [-0.3, -0.25) is 0 Å². The van der Waals surface area contributed by atoms with Gasteiger partial charge in [-0.15, -0.1) is 6.58 Å². The van der Waals surface area contributed by atoms with Crippen LogP contribution in [0.1, 0.15) is 24.8 Å². The molecule has 1 aromatic carbocycles. The summed E-state index contributed by atoms with van der Waals surface area (Å²) in [7, 11) is 0. The lowest BCUT2D eigenvalue weighted by Gasteiger charge is -2.06. The third-order valence-corrected chi connectivity index (χ3v) is 2.50. The van der Waals surface area contributed by atoms with Crippen LogP contribution >= 0.6 is 0 Å². The van der Waals surface area contributed by atoms with E-state index in [-0.39, 0.29) is 6.09 Å².